The number of amides is 1. The number of carbonyl (C=O) groups is 2. The van der Waals surface area contributed by atoms with Crippen molar-refractivity contribution in [2.24, 2.45) is 0 Å². The van der Waals surface area contributed by atoms with Gasteiger partial charge in [0.15, 0.2) is 12.7 Å². The van der Waals surface area contributed by atoms with E-state index in [9.17, 15) is 9.59 Å². The van der Waals surface area contributed by atoms with Crippen LogP contribution in [0.25, 0.3) is 10.8 Å². The first-order chi connectivity index (χ1) is 13.0. The number of hydrogen-bond donors (Lipinski definition) is 1. The first kappa shape index (κ1) is 18.7. The van der Waals surface area contributed by atoms with Crippen molar-refractivity contribution in [1.29, 1.82) is 0 Å². The van der Waals surface area contributed by atoms with Crippen molar-refractivity contribution in [1.82, 2.24) is 0 Å². The minimum absolute atomic E-state index is 0.338. The van der Waals surface area contributed by atoms with E-state index in [1.807, 2.05) is 36.4 Å². The lowest BCUT2D eigenvalue weighted by Crippen LogP contribution is -2.31. The van der Waals surface area contributed by atoms with Crippen LogP contribution in [0.5, 0.6) is 5.75 Å². The summed E-state index contributed by atoms with van der Waals surface area (Å²) in [7, 11) is 0. The molecule has 0 heterocycles. The number of halogens is 1. The topological polar surface area (TPSA) is 64.6 Å². The highest BCUT2D eigenvalue weighted by atomic mass is 35.5. The Morgan fingerprint density at radius 2 is 1.70 bits per heavy atom. The molecule has 3 aromatic carbocycles. The maximum absolute atomic E-state index is 12.4. The van der Waals surface area contributed by atoms with Gasteiger partial charge in [-0.05, 0) is 30.5 Å². The van der Waals surface area contributed by atoms with Crippen LogP contribution < -0.4 is 10.1 Å². The van der Waals surface area contributed by atoms with Crippen LogP contribution in [0, 0.1) is 0 Å². The summed E-state index contributed by atoms with van der Waals surface area (Å²) in [5.41, 5.74) is 0.660. The molecule has 1 unspecified atom stereocenters. The van der Waals surface area contributed by atoms with Crippen LogP contribution in [-0.4, -0.2) is 24.6 Å². The molecule has 0 aliphatic carbocycles. The summed E-state index contributed by atoms with van der Waals surface area (Å²) in [6.45, 7) is 1.17. The maximum Gasteiger partial charge on any atom is 0.344 e. The summed E-state index contributed by atoms with van der Waals surface area (Å²) in [4.78, 5) is 24.3. The number of hydrogen-bond acceptors (Lipinski definition) is 4. The second-order valence-electron chi connectivity index (χ2n) is 5.87. The van der Waals surface area contributed by atoms with Crippen molar-refractivity contribution in [3.63, 3.8) is 0 Å². The maximum atomic E-state index is 12.4. The van der Waals surface area contributed by atoms with Gasteiger partial charge in [0, 0.05) is 11.1 Å². The Kier molecular flexibility index (Phi) is 5.94. The van der Waals surface area contributed by atoms with Crippen LogP contribution in [0.4, 0.5) is 5.69 Å². The molecule has 1 N–H and O–H groups in total. The third-order valence-electron chi connectivity index (χ3n) is 3.91. The van der Waals surface area contributed by atoms with Crippen molar-refractivity contribution in [2.45, 2.75) is 13.0 Å². The number of para-hydroxylation sites is 1. The van der Waals surface area contributed by atoms with Gasteiger partial charge in [0.05, 0.1) is 5.02 Å². The summed E-state index contributed by atoms with van der Waals surface area (Å²) < 4.78 is 10.5. The second kappa shape index (κ2) is 8.56. The Morgan fingerprint density at radius 3 is 2.52 bits per heavy atom. The van der Waals surface area contributed by atoms with Crippen LogP contribution >= 0.6 is 11.6 Å². The van der Waals surface area contributed by atoms with E-state index >= 15 is 0 Å². The molecule has 138 valence electrons. The molecular weight excluding hydrogens is 366 g/mol. The fourth-order valence-corrected chi connectivity index (χ4v) is 2.74. The molecule has 0 aliphatic rings. The molecule has 0 radical (unpaired) electrons. The molecular formula is C21H18ClNO4. The van der Waals surface area contributed by atoms with Crippen LogP contribution in [-0.2, 0) is 14.3 Å². The summed E-state index contributed by atoms with van der Waals surface area (Å²) in [5.74, 6) is -0.697. The molecule has 0 saturated heterocycles. The number of esters is 1. The molecule has 0 aliphatic heterocycles. The van der Waals surface area contributed by atoms with Crippen LogP contribution in [0.2, 0.25) is 5.02 Å². The van der Waals surface area contributed by atoms with Crippen LogP contribution in [0.3, 0.4) is 0 Å². The molecule has 3 aromatic rings. The predicted molar refractivity (Wildman–Crippen MR) is 105 cm³/mol. The molecule has 0 fully saturated rings. The second-order valence-corrected chi connectivity index (χ2v) is 6.27. The Balaban J connectivity index is 1.57. The number of fused-ring (bicyclic) bond motifs is 1. The van der Waals surface area contributed by atoms with E-state index in [4.69, 9.17) is 21.1 Å². The molecule has 0 aromatic heterocycles. The van der Waals surface area contributed by atoms with Crippen molar-refractivity contribution in [3.8, 4) is 5.75 Å². The lowest BCUT2D eigenvalue weighted by Gasteiger charge is -2.15. The van der Waals surface area contributed by atoms with Crippen molar-refractivity contribution in [3.05, 3.63) is 71.8 Å². The van der Waals surface area contributed by atoms with Gasteiger partial charge in [-0.3, -0.25) is 4.79 Å². The van der Waals surface area contributed by atoms with Gasteiger partial charge in [-0.25, -0.2) is 4.79 Å². The van der Waals surface area contributed by atoms with Crippen molar-refractivity contribution in [2.75, 3.05) is 11.9 Å². The van der Waals surface area contributed by atoms with E-state index in [1.165, 1.54) is 6.92 Å². The van der Waals surface area contributed by atoms with Gasteiger partial charge in [0.2, 0.25) is 0 Å². The lowest BCUT2D eigenvalue weighted by atomic mass is 10.1. The van der Waals surface area contributed by atoms with Gasteiger partial charge in [-0.2, -0.15) is 0 Å². The van der Waals surface area contributed by atoms with Gasteiger partial charge in [0.25, 0.3) is 5.91 Å². The van der Waals surface area contributed by atoms with Gasteiger partial charge in [-0.1, -0.05) is 60.1 Å². The normalized spacial score (nSPS) is 11.6. The first-order valence-electron chi connectivity index (χ1n) is 8.40. The zero-order valence-electron chi connectivity index (χ0n) is 14.6. The number of benzene rings is 3. The first-order valence-corrected chi connectivity index (χ1v) is 8.78. The summed E-state index contributed by atoms with van der Waals surface area (Å²) >= 11 is 5.96. The number of anilines is 1. The highest BCUT2D eigenvalue weighted by molar-refractivity contribution is 6.32. The Hall–Kier alpha value is -3.05. The average Bonchev–Trinajstić information content (AvgIpc) is 2.67. The zero-order valence-corrected chi connectivity index (χ0v) is 15.4. The van der Waals surface area contributed by atoms with Crippen LogP contribution in [0.1, 0.15) is 6.92 Å². The summed E-state index contributed by atoms with van der Waals surface area (Å²) in [6.07, 6.45) is -0.966. The number of nitrogens with one attached hydrogen (secondary N) is 1. The monoisotopic (exact) mass is 383 g/mol. The predicted octanol–water partition coefficient (Wildman–Crippen LogP) is 4.44. The van der Waals surface area contributed by atoms with Crippen molar-refractivity contribution >= 4 is 39.9 Å². The van der Waals surface area contributed by atoms with E-state index < -0.39 is 18.0 Å². The molecule has 0 spiro atoms. The van der Waals surface area contributed by atoms with E-state index in [2.05, 4.69) is 5.32 Å². The Bertz CT molecular complexity index is 968. The molecule has 1 amide bonds. The quantitative estimate of drug-likeness (QED) is 0.639. The lowest BCUT2D eigenvalue weighted by molar-refractivity contribution is -0.155. The van der Waals surface area contributed by atoms with E-state index in [0.717, 1.165) is 10.8 Å². The van der Waals surface area contributed by atoms with Gasteiger partial charge >= 0.3 is 5.97 Å². The van der Waals surface area contributed by atoms with E-state index in [1.54, 1.807) is 30.3 Å². The summed E-state index contributed by atoms with van der Waals surface area (Å²) in [5, 5.41) is 5.11. The third-order valence-corrected chi connectivity index (χ3v) is 4.22. The number of rotatable bonds is 6. The molecule has 3 rings (SSSR count). The van der Waals surface area contributed by atoms with Gasteiger partial charge in [-0.15, -0.1) is 0 Å². The molecule has 1 atom stereocenters. The third kappa shape index (κ3) is 4.77. The van der Waals surface area contributed by atoms with Crippen molar-refractivity contribution < 1.29 is 19.1 Å². The SMILES string of the molecule is CC(OC(=O)COc1ccccc1Cl)C(=O)Nc1cccc2ccccc12. The van der Waals surface area contributed by atoms with E-state index in [0.29, 0.717) is 16.5 Å². The Morgan fingerprint density at radius 1 is 1.00 bits per heavy atom. The minimum atomic E-state index is -0.966. The molecule has 5 nitrogen and oxygen atoms in total. The van der Waals surface area contributed by atoms with Crippen LogP contribution in [0.15, 0.2) is 66.7 Å². The standard InChI is InChI=1S/C21H18ClNO4/c1-14(27-20(24)13-26-19-12-5-4-10-17(19)22)21(25)23-18-11-6-8-15-7-2-3-9-16(15)18/h2-12,14H,13H2,1H3,(H,23,25). The van der Waals surface area contributed by atoms with Gasteiger partial charge in [0.1, 0.15) is 5.75 Å². The smallest absolute Gasteiger partial charge is 0.344 e. The molecule has 27 heavy (non-hydrogen) atoms. The molecule has 0 bridgehead atoms. The van der Waals surface area contributed by atoms with E-state index in [-0.39, 0.29) is 6.61 Å². The number of carbonyl (C=O) groups excluding carboxylic acids is 2. The van der Waals surface area contributed by atoms with Gasteiger partial charge < -0.3 is 14.8 Å². The highest BCUT2D eigenvalue weighted by Crippen LogP contribution is 2.24. The largest absolute Gasteiger partial charge is 0.480 e. The Labute approximate surface area is 161 Å². The highest BCUT2D eigenvalue weighted by Gasteiger charge is 2.19. The number of ether oxygens (including phenoxy) is 2. The fourth-order valence-electron chi connectivity index (χ4n) is 2.55. The molecule has 6 heteroatoms. The minimum Gasteiger partial charge on any atom is -0.480 e. The average molecular weight is 384 g/mol. The fraction of sp³-hybridized carbons (Fsp3) is 0.143. The molecule has 0 saturated carbocycles. The summed E-state index contributed by atoms with van der Waals surface area (Å²) in [6, 6.07) is 20.1. The zero-order chi connectivity index (χ0) is 19.2.